The summed E-state index contributed by atoms with van der Waals surface area (Å²) in [5.41, 5.74) is 3.82. The number of benzene rings is 2. The van der Waals surface area contributed by atoms with E-state index in [1.165, 1.54) is 0 Å². The van der Waals surface area contributed by atoms with Crippen LogP contribution in [0.4, 0.5) is 11.4 Å². The number of carbonyl (C=O) groups is 1. The number of anilines is 1. The van der Waals surface area contributed by atoms with E-state index >= 15 is 0 Å². The number of aldehydes is 1. The Kier molecular flexibility index (Phi) is 2.90. The van der Waals surface area contributed by atoms with Crippen LogP contribution < -0.4 is 5.32 Å². The Morgan fingerprint density at radius 1 is 1.15 bits per heavy atom. The topological polar surface area (TPSA) is 41.5 Å². The van der Waals surface area contributed by atoms with Crippen molar-refractivity contribution in [1.82, 2.24) is 0 Å². The molecular weight excluding hydrogens is 248 g/mol. The lowest BCUT2D eigenvalue weighted by Crippen LogP contribution is -2.47. The second-order valence-corrected chi connectivity index (χ2v) is 5.29. The number of hydrogen-bond acceptors (Lipinski definition) is 3. The van der Waals surface area contributed by atoms with Crippen molar-refractivity contribution in [2.24, 2.45) is 4.99 Å². The highest BCUT2D eigenvalue weighted by atomic mass is 16.1. The molecule has 1 aliphatic heterocycles. The molecule has 1 heterocycles. The van der Waals surface area contributed by atoms with Crippen molar-refractivity contribution in [2.45, 2.75) is 19.4 Å². The Morgan fingerprint density at radius 3 is 2.60 bits per heavy atom. The van der Waals surface area contributed by atoms with Crippen molar-refractivity contribution in [3.8, 4) is 0 Å². The van der Waals surface area contributed by atoms with Gasteiger partial charge in [0.2, 0.25) is 0 Å². The van der Waals surface area contributed by atoms with Gasteiger partial charge in [0.25, 0.3) is 0 Å². The summed E-state index contributed by atoms with van der Waals surface area (Å²) in [7, 11) is 0. The van der Waals surface area contributed by atoms with Crippen LogP contribution in [0.25, 0.3) is 0 Å². The van der Waals surface area contributed by atoms with E-state index in [9.17, 15) is 4.79 Å². The second kappa shape index (κ2) is 4.60. The third kappa shape index (κ3) is 2.01. The van der Waals surface area contributed by atoms with E-state index in [1.807, 2.05) is 62.4 Å². The minimum Gasteiger partial charge on any atom is -0.367 e. The van der Waals surface area contributed by atoms with Gasteiger partial charge in [-0.1, -0.05) is 36.4 Å². The average Bonchev–Trinajstić information content (AvgIpc) is 2.47. The zero-order valence-corrected chi connectivity index (χ0v) is 11.6. The third-order valence-corrected chi connectivity index (χ3v) is 3.55. The van der Waals surface area contributed by atoms with Gasteiger partial charge in [-0.15, -0.1) is 0 Å². The maximum absolute atomic E-state index is 11.6. The summed E-state index contributed by atoms with van der Waals surface area (Å²) in [4.78, 5) is 16.3. The molecular formula is C17H16N2O. The Bertz CT molecular complexity index is 691. The predicted molar refractivity (Wildman–Crippen MR) is 81.9 cm³/mol. The molecule has 0 aromatic heterocycles. The third-order valence-electron chi connectivity index (χ3n) is 3.55. The van der Waals surface area contributed by atoms with Gasteiger partial charge in [-0.3, -0.25) is 0 Å². The molecule has 3 heteroatoms. The summed E-state index contributed by atoms with van der Waals surface area (Å²) >= 11 is 0. The Morgan fingerprint density at radius 2 is 1.90 bits per heavy atom. The van der Waals surface area contributed by atoms with E-state index in [2.05, 4.69) is 5.32 Å². The molecule has 0 saturated carbocycles. The quantitative estimate of drug-likeness (QED) is 0.843. The molecule has 1 atom stereocenters. The van der Waals surface area contributed by atoms with E-state index in [0.29, 0.717) is 0 Å². The van der Waals surface area contributed by atoms with Gasteiger partial charge in [-0.2, -0.15) is 0 Å². The van der Waals surface area contributed by atoms with Crippen molar-refractivity contribution in [3.63, 3.8) is 0 Å². The van der Waals surface area contributed by atoms with Crippen LogP contribution in [-0.2, 0) is 4.79 Å². The van der Waals surface area contributed by atoms with Crippen molar-refractivity contribution in [1.29, 1.82) is 0 Å². The number of hydrogen-bond donors (Lipinski definition) is 1. The second-order valence-electron chi connectivity index (χ2n) is 5.29. The zero-order chi connectivity index (χ0) is 14.2. The van der Waals surface area contributed by atoms with E-state index in [0.717, 1.165) is 34.5 Å². The van der Waals surface area contributed by atoms with E-state index in [1.54, 1.807) is 0 Å². The van der Waals surface area contributed by atoms with Gasteiger partial charge in [0.15, 0.2) is 6.29 Å². The zero-order valence-electron chi connectivity index (χ0n) is 11.6. The predicted octanol–water partition coefficient (Wildman–Crippen LogP) is 3.50. The molecule has 0 aliphatic carbocycles. The molecule has 0 amide bonds. The first-order valence-electron chi connectivity index (χ1n) is 6.62. The summed E-state index contributed by atoms with van der Waals surface area (Å²) in [6, 6.07) is 15.8. The molecule has 2 aromatic rings. The van der Waals surface area contributed by atoms with Crippen LogP contribution in [0.2, 0.25) is 0 Å². The highest BCUT2D eigenvalue weighted by Crippen LogP contribution is 2.35. The first-order chi connectivity index (χ1) is 9.62. The standard InChI is InChI=1S/C17H16N2O/c1-12-8-9-14-15(10-12)19-17(2,11-20)16(18-14)13-6-4-3-5-7-13/h3-11,19H,1-2H3. The maximum atomic E-state index is 11.6. The van der Waals surface area contributed by atoms with Crippen LogP contribution in [0, 0.1) is 6.92 Å². The van der Waals surface area contributed by atoms with Crippen LogP contribution in [-0.4, -0.2) is 17.5 Å². The maximum Gasteiger partial charge on any atom is 0.151 e. The minimum atomic E-state index is -0.803. The highest BCUT2D eigenvalue weighted by molar-refractivity contribution is 6.20. The van der Waals surface area contributed by atoms with Gasteiger partial charge in [-0.05, 0) is 37.1 Å². The van der Waals surface area contributed by atoms with E-state index < -0.39 is 5.54 Å². The number of aliphatic imine (C=N–C) groups is 1. The lowest BCUT2D eigenvalue weighted by molar-refractivity contribution is -0.109. The summed E-state index contributed by atoms with van der Waals surface area (Å²) < 4.78 is 0. The normalized spacial score (nSPS) is 20.6. The van der Waals surface area contributed by atoms with Crippen molar-refractivity contribution in [2.75, 3.05) is 5.32 Å². The first kappa shape index (κ1) is 12.6. The smallest absolute Gasteiger partial charge is 0.151 e. The molecule has 0 bridgehead atoms. The van der Waals surface area contributed by atoms with Crippen LogP contribution >= 0.6 is 0 Å². The van der Waals surface area contributed by atoms with Gasteiger partial charge in [-0.25, -0.2) is 4.99 Å². The molecule has 3 rings (SSSR count). The van der Waals surface area contributed by atoms with Crippen LogP contribution in [0.3, 0.4) is 0 Å². The molecule has 0 fully saturated rings. The molecule has 1 N–H and O–H groups in total. The van der Waals surface area contributed by atoms with Gasteiger partial charge in [0.1, 0.15) is 5.54 Å². The molecule has 100 valence electrons. The van der Waals surface area contributed by atoms with Crippen molar-refractivity contribution < 1.29 is 4.79 Å². The minimum absolute atomic E-state index is 0.754. The summed E-state index contributed by atoms with van der Waals surface area (Å²) in [5.74, 6) is 0. The van der Waals surface area contributed by atoms with Gasteiger partial charge < -0.3 is 10.1 Å². The number of aryl methyl sites for hydroxylation is 1. The first-order valence-corrected chi connectivity index (χ1v) is 6.62. The van der Waals surface area contributed by atoms with Crippen LogP contribution in [0.5, 0.6) is 0 Å². The molecule has 3 nitrogen and oxygen atoms in total. The molecule has 20 heavy (non-hydrogen) atoms. The number of carbonyl (C=O) groups excluding carboxylic acids is 1. The average molecular weight is 264 g/mol. The molecule has 1 unspecified atom stereocenters. The molecule has 0 radical (unpaired) electrons. The molecule has 1 aliphatic rings. The number of fused-ring (bicyclic) bond motifs is 1. The van der Waals surface area contributed by atoms with Crippen LogP contribution in [0.15, 0.2) is 53.5 Å². The summed E-state index contributed by atoms with van der Waals surface area (Å²) in [5, 5.41) is 3.31. The Balaban J connectivity index is 2.19. The van der Waals surface area contributed by atoms with Crippen molar-refractivity contribution in [3.05, 3.63) is 59.7 Å². The molecule has 0 saturated heterocycles. The number of nitrogens with one attached hydrogen (secondary N) is 1. The fourth-order valence-corrected chi connectivity index (χ4v) is 2.47. The number of nitrogens with zero attached hydrogens (tertiary/aromatic N) is 1. The van der Waals surface area contributed by atoms with Crippen molar-refractivity contribution >= 4 is 23.4 Å². The fraction of sp³-hybridized carbons (Fsp3) is 0.176. The van der Waals surface area contributed by atoms with Gasteiger partial charge in [0.05, 0.1) is 17.1 Å². The van der Waals surface area contributed by atoms with Gasteiger partial charge in [0, 0.05) is 0 Å². The lowest BCUT2D eigenvalue weighted by Gasteiger charge is -2.32. The summed E-state index contributed by atoms with van der Waals surface area (Å²) in [6.45, 7) is 3.88. The number of rotatable bonds is 2. The largest absolute Gasteiger partial charge is 0.367 e. The Labute approximate surface area is 118 Å². The van der Waals surface area contributed by atoms with E-state index in [4.69, 9.17) is 4.99 Å². The molecule has 0 spiro atoms. The Hall–Kier alpha value is -2.42. The van der Waals surface area contributed by atoms with E-state index in [-0.39, 0.29) is 0 Å². The van der Waals surface area contributed by atoms with Crippen LogP contribution in [0.1, 0.15) is 18.1 Å². The summed E-state index contributed by atoms with van der Waals surface area (Å²) in [6.07, 6.45) is 0.921. The SMILES string of the molecule is Cc1ccc2c(c1)NC(C)(C=O)C(c1ccccc1)=N2. The monoisotopic (exact) mass is 264 g/mol. The highest BCUT2D eigenvalue weighted by Gasteiger charge is 2.35. The van der Waals surface area contributed by atoms with Gasteiger partial charge >= 0.3 is 0 Å². The molecule has 2 aromatic carbocycles. The lowest BCUT2D eigenvalue weighted by atomic mass is 9.89. The fourth-order valence-electron chi connectivity index (χ4n) is 2.47.